The number of carboxylic acid groups (broad SMARTS) is 1. The molecule has 2 amide bonds. The highest BCUT2D eigenvalue weighted by molar-refractivity contribution is 14.1. The topological polar surface area (TPSA) is 146 Å². The lowest BCUT2D eigenvalue weighted by Gasteiger charge is -2.46. The number of β-lactam (4-membered cyclic amide) rings is 1. The van der Waals surface area contributed by atoms with E-state index in [1.165, 1.54) is 46.4 Å². The minimum atomic E-state index is -1.27. The van der Waals surface area contributed by atoms with E-state index >= 15 is 0 Å². The summed E-state index contributed by atoms with van der Waals surface area (Å²) in [5.74, 6) is -2.18. The lowest BCUT2D eigenvalue weighted by Crippen LogP contribution is -2.57. The number of carboxylic acids is 1. The van der Waals surface area contributed by atoms with Crippen molar-refractivity contribution in [2.24, 2.45) is 5.16 Å². The summed E-state index contributed by atoms with van der Waals surface area (Å²) in [6.45, 7) is 0. The predicted octanol–water partition coefficient (Wildman–Crippen LogP) is 8.28. The molecule has 1 fully saturated rings. The number of anilines is 1. The van der Waals surface area contributed by atoms with Crippen LogP contribution in [-0.4, -0.2) is 61.3 Å². The van der Waals surface area contributed by atoms with E-state index in [1.807, 2.05) is 66.7 Å². The zero-order valence-electron chi connectivity index (χ0n) is 29.4. The number of hydrogen-bond donors (Lipinski definition) is 3. The third kappa shape index (κ3) is 7.31. The number of thiazole rings is 2. The quantitative estimate of drug-likeness (QED) is 0.0258. The van der Waals surface area contributed by atoms with Crippen LogP contribution in [0.1, 0.15) is 34.4 Å². The van der Waals surface area contributed by atoms with E-state index in [0.717, 1.165) is 48.7 Å². The van der Waals surface area contributed by atoms with Crippen molar-refractivity contribution in [3.63, 3.8) is 0 Å². The molecule has 11 nitrogen and oxygen atoms in total. The van der Waals surface area contributed by atoms with Crippen molar-refractivity contribution in [3.05, 3.63) is 153 Å². The molecular weight excluding hydrogens is 900 g/mol. The van der Waals surface area contributed by atoms with E-state index < -0.39 is 28.2 Å². The first-order valence-electron chi connectivity index (χ1n) is 17.2. The van der Waals surface area contributed by atoms with Crippen LogP contribution in [0.4, 0.5) is 5.13 Å². The molecular formula is C40H31IN6O5S4. The number of rotatable bonds is 13. The maximum Gasteiger partial charge on any atom is 0.353 e. The number of aromatic nitrogens is 2. The minimum Gasteiger partial charge on any atom is -0.477 e. The van der Waals surface area contributed by atoms with Crippen LogP contribution >= 0.6 is 68.8 Å². The number of amides is 2. The Morgan fingerprint density at radius 1 is 0.982 bits per heavy atom. The normalized spacial score (nSPS) is 17.0. The molecule has 4 heterocycles. The molecule has 2 atom stereocenters. The number of halogens is 1. The van der Waals surface area contributed by atoms with Crippen LogP contribution in [0.5, 0.6) is 0 Å². The van der Waals surface area contributed by atoms with Gasteiger partial charge in [-0.05, 0) is 34.4 Å². The Morgan fingerprint density at radius 3 is 2.20 bits per heavy atom. The molecule has 2 aliphatic heterocycles. The Kier molecular flexibility index (Phi) is 11.2. The maximum atomic E-state index is 14.3. The van der Waals surface area contributed by atoms with Crippen LogP contribution in [0.2, 0.25) is 0 Å². The Balaban J connectivity index is 1.13. The number of carbonyl (C=O) groups excluding carboxylic acids is 2. The summed E-state index contributed by atoms with van der Waals surface area (Å²) in [7, 11) is 1.34. The Labute approximate surface area is 351 Å². The third-order valence-corrected chi connectivity index (χ3v) is 14.6. The van der Waals surface area contributed by atoms with E-state index in [-0.39, 0.29) is 34.3 Å². The van der Waals surface area contributed by atoms with Crippen molar-refractivity contribution in [2.45, 2.75) is 31.5 Å². The molecule has 0 radical (unpaired) electrons. The lowest BCUT2D eigenvalue weighted by molar-refractivity contribution is -0.146. The number of fused-ring (bicyclic) bond motifs is 2. The number of hydrogen-bond acceptors (Lipinski definition) is 12. The molecule has 282 valence electrons. The number of alkyl halides is 1. The van der Waals surface area contributed by atoms with Crippen LogP contribution < -0.4 is 10.6 Å². The summed E-state index contributed by atoms with van der Waals surface area (Å²) in [5.41, 5.74) is 4.03. The summed E-state index contributed by atoms with van der Waals surface area (Å²) < 4.78 is 2.38. The number of nitrogens with one attached hydrogen (secondary N) is 2. The van der Waals surface area contributed by atoms with Crippen LogP contribution in [0.15, 0.2) is 135 Å². The summed E-state index contributed by atoms with van der Waals surface area (Å²) in [6, 6.07) is 36.3. The second-order valence-electron chi connectivity index (χ2n) is 12.6. The molecule has 2 aliphatic rings. The first-order valence-corrected chi connectivity index (χ1v) is 22.2. The highest BCUT2D eigenvalue weighted by atomic mass is 127. The first kappa shape index (κ1) is 38.1. The fraction of sp³-hybridized carbons (Fsp3) is 0.150. The standard InChI is InChI=1S/C40H31IN6O5S4/c1-52-46-32(28-22-53-38(42-28)45-40(24-11-5-2-6-12-24,25-13-7-3-8-14-25)26-15-9-4-10-16-26)35(49)44-36-34(33(37(50)51)47-30(48)20-31(47)55-36)56-39-43-27-18-17-23(21-41)19-29(27)54-39/h2-19,22,31,36H,20-21H2,1H3,(H,42,45)(H,44,49)(H,50,51)/t31-,36?/m0/s1. The van der Waals surface area contributed by atoms with Gasteiger partial charge in [0.2, 0.25) is 5.91 Å². The zero-order valence-corrected chi connectivity index (χ0v) is 34.8. The third-order valence-electron chi connectivity index (χ3n) is 9.22. The average molecular weight is 931 g/mol. The van der Waals surface area contributed by atoms with E-state index in [0.29, 0.717) is 9.47 Å². The van der Waals surface area contributed by atoms with Gasteiger partial charge >= 0.3 is 5.97 Å². The number of thioether (sulfide) groups is 2. The van der Waals surface area contributed by atoms with Gasteiger partial charge in [0.05, 0.1) is 26.9 Å². The second kappa shape index (κ2) is 16.4. The Hall–Kier alpha value is -4.75. The van der Waals surface area contributed by atoms with E-state index in [9.17, 15) is 19.5 Å². The minimum absolute atomic E-state index is 0.0956. The smallest absolute Gasteiger partial charge is 0.353 e. The second-order valence-corrected chi connectivity index (χ2v) is 17.8. The zero-order chi connectivity index (χ0) is 38.8. The lowest BCUT2D eigenvalue weighted by atomic mass is 9.77. The van der Waals surface area contributed by atoms with Gasteiger partial charge in [0.15, 0.2) is 15.2 Å². The molecule has 0 aliphatic carbocycles. The fourth-order valence-electron chi connectivity index (χ4n) is 6.67. The highest BCUT2D eigenvalue weighted by Gasteiger charge is 2.50. The van der Waals surface area contributed by atoms with Crippen molar-refractivity contribution < 1.29 is 24.3 Å². The molecule has 3 N–H and O–H groups in total. The molecule has 0 spiro atoms. The summed E-state index contributed by atoms with van der Waals surface area (Å²) in [5, 5.41) is 22.2. The molecule has 0 bridgehead atoms. The van der Waals surface area contributed by atoms with Crippen molar-refractivity contribution in [3.8, 4) is 0 Å². The Morgan fingerprint density at radius 2 is 1.62 bits per heavy atom. The average Bonchev–Trinajstić information content (AvgIpc) is 3.86. The molecule has 8 rings (SSSR count). The largest absolute Gasteiger partial charge is 0.477 e. The van der Waals surface area contributed by atoms with Crippen molar-refractivity contribution in [1.82, 2.24) is 20.2 Å². The molecule has 6 aromatic rings. The SMILES string of the molecule is CON=C(C(=O)NC1S[C@H]2CC(=O)N2C(C(=O)O)=C1Sc1nc2ccc(CI)cc2s1)c1csc(NC(c2ccccc2)(c2ccccc2)c2ccccc2)n1. The molecule has 1 unspecified atom stereocenters. The molecule has 0 saturated carbocycles. The van der Waals surface area contributed by atoms with Gasteiger partial charge in [0.25, 0.3) is 5.91 Å². The van der Waals surface area contributed by atoms with E-state index in [4.69, 9.17) is 14.8 Å². The van der Waals surface area contributed by atoms with Gasteiger partial charge in [-0.1, -0.05) is 137 Å². The number of oxime groups is 1. The van der Waals surface area contributed by atoms with E-state index in [2.05, 4.69) is 80.8 Å². The highest BCUT2D eigenvalue weighted by Crippen LogP contribution is 2.49. The van der Waals surface area contributed by atoms with Gasteiger partial charge in [0, 0.05) is 9.81 Å². The van der Waals surface area contributed by atoms with Crippen molar-refractivity contribution in [2.75, 3.05) is 12.4 Å². The van der Waals surface area contributed by atoms with Crippen LogP contribution in [-0.2, 0) is 29.2 Å². The number of nitrogens with zero attached hydrogens (tertiary/aromatic N) is 4. The van der Waals surface area contributed by atoms with Gasteiger partial charge in [-0.2, -0.15) is 0 Å². The monoisotopic (exact) mass is 930 g/mol. The molecule has 1 saturated heterocycles. The molecule has 2 aromatic heterocycles. The number of benzene rings is 4. The number of carbonyl (C=O) groups is 3. The fourth-order valence-corrected chi connectivity index (χ4v) is 11.8. The van der Waals surface area contributed by atoms with Gasteiger partial charge in [0.1, 0.15) is 29.4 Å². The number of aliphatic carboxylic acids is 1. The van der Waals surface area contributed by atoms with Crippen LogP contribution in [0, 0.1) is 0 Å². The van der Waals surface area contributed by atoms with Gasteiger partial charge < -0.3 is 20.6 Å². The first-order chi connectivity index (χ1) is 27.3. The molecule has 4 aromatic carbocycles. The molecule has 56 heavy (non-hydrogen) atoms. The maximum absolute atomic E-state index is 14.3. The summed E-state index contributed by atoms with van der Waals surface area (Å²) in [6.07, 6.45) is 0.151. The van der Waals surface area contributed by atoms with Crippen molar-refractivity contribution >= 4 is 108 Å². The predicted molar refractivity (Wildman–Crippen MR) is 231 cm³/mol. The van der Waals surface area contributed by atoms with Crippen molar-refractivity contribution in [1.29, 1.82) is 0 Å². The summed E-state index contributed by atoms with van der Waals surface area (Å²) >= 11 is 7.47. The van der Waals surface area contributed by atoms with E-state index in [1.54, 1.807) is 5.38 Å². The van der Waals surface area contributed by atoms with Crippen LogP contribution in [0.25, 0.3) is 10.2 Å². The van der Waals surface area contributed by atoms with Gasteiger partial charge in [-0.15, -0.1) is 34.4 Å². The summed E-state index contributed by atoms with van der Waals surface area (Å²) in [4.78, 5) is 56.1. The van der Waals surface area contributed by atoms with Crippen LogP contribution in [0.3, 0.4) is 0 Å². The molecule has 16 heteroatoms. The van der Waals surface area contributed by atoms with Gasteiger partial charge in [-0.25, -0.2) is 14.8 Å². The Bertz CT molecular complexity index is 2400. The van der Waals surface area contributed by atoms with Gasteiger partial charge in [-0.3, -0.25) is 14.5 Å².